The molecule has 1 aliphatic heterocycles. The van der Waals surface area contributed by atoms with E-state index in [-0.39, 0.29) is 24.8 Å². The zero-order valence-corrected chi connectivity index (χ0v) is 17.1. The molecular weight excluding hydrogens is 400 g/mol. The monoisotopic (exact) mass is 418 g/mol. The molecule has 0 aliphatic carbocycles. The molecule has 0 atom stereocenters. The first-order valence-electron chi connectivity index (χ1n) is 9.45. The second-order valence-electron chi connectivity index (χ2n) is 6.99. The Morgan fingerprint density at radius 3 is 2.70 bits per heavy atom. The average Bonchev–Trinajstić information content (AvgIpc) is 2.87. The summed E-state index contributed by atoms with van der Waals surface area (Å²) < 4.78 is 0. The maximum Gasteiger partial charge on any atom is 0.244 e. The van der Waals surface area contributed by atoms with Crippen LogP contribution in [0.4, 0.5) is 17.2 Å². The number of fused-ring (bicyclic) bond motifs is 1. The van der Waals surface area contributed by atoms with Crippen LogP contribution in [-0.4, -0.2) is 29.1 Å². The number of aromatic nitrogens is 1. The average molecular weight is 419 g/mol. The highest BCUT2D eigenvalue weighted by molar-refractivity contribution is 6.31. The second kappa shape index (κ2) is 8.47. The molecule has 1 aromatic heterocycles. The first-order valence-corrected chi connectivity index (χ1v) is 9.83. The number of rotatable bonds is 4. The van der Waals surface area contributed by atoms with E-state index in [1.54, 1.807) is 30.5 Å². The van der Waals surface area contributed by atoms with Gasteiger partial charge in [0.15, 0.2) is 5.82 Å². The normalized spacial score (nSPS) is 13.3. The smallest absolute Gasteiger partial charge is 0.244 e. The number of aliphatic imine (C=N–C) groups is 1. The van der Waals surface area contributed by atoms with Crippen molar-refractivity contribution in [1.82, 2.24) is 4.98 Å². The molecule has 7 heteroatoms. The van der Waals surface area contributed by atoms with Crippen LogP contribution in [0.3, 0.4) is 0 Å². The van der Waals surface area contributed by atoms with Crippen LogP contribution in [0, 0.1) is 6.92 Å². The minimum absolute atomic E-state index is 0.0362. The molecule has 1 N–H and O–H groups in total. The van der Waals surface area contributed by atoms with Gasteiger partial charge in [-0.15, -0.1) is 0 Å². The van der Waals surface area contributed by atoms with Gasteiger partial charge < -0.3 is 5.32 Å². The van der Waals surface area contributed by atoms with Gasteiger partial charge in [0, 0.05) is 16.9 Å². The van der Waals surface area contributed by atoms with Crippen molar-refractivity contribution in [2.75, 3.05) is 16.8 Å². The van der Waals surface area contributed by atoms with Crippen molar-refractivity contribution < 1.29 is 9.59 Å². The summed E-state index contributed by atoms with van der Waals surface area (Å²) in [6.45, 7) is 1.82. The van der Waals surface area contributed by atoms with Crippen LogP contribution in [0.2, 0.25) is 5.02 Å². The summed E-state index contributed by atoms with van der Waals surface area (Å²) in [6, 6.07) is 18.2. The maximum atomic E-state index is 13.1. The van der Waals surface area contributed by atoms with Gasteiger partial charge in [0.1, 0.15) is 12.2 Å². The quantitative estimate of drug-likeness (QED) is 0.675. The highest BCUT2D eigenvalue weighted by Gasteiger charge is 2.27. The van der Waals surface area contributed by atoms with E-state index in [2.05, 4.69) is 15.3 Å². The topological polar surface area (TPSA) is 74.7 Å². The first kappa shape index (κ1) is 19.8. The first-order chi connectivity index (χ1) is 14.5. The Kier molecular flexibility index (Phi) is 5.59. The minimum Gasteiger partial charge on any atom is -0.325 e. The molecule has 0 unspecified atom stereocenters. The number of aryl methyl sites for hydroxylation is 1. The third-order valence-corrected chi connectivity index (χ3v) is 4.93. The molecule has 0 radical (unpaired) electrons. The molecule has 2 amide bonds. The molecule has 0 spiro atoms. The molecule has 150 valence electrons. The fraction of sp³-hybridized carbons (Fsp3) is 0.130. The van der Waals surface area contributed by atoms with Crippen molar-refractivity contribution >= 4 is 46.3 Å². The lowest BCUT2D eigenvalue weighted by atomic mass is 10.1. The Bertz CT molecular complexity index is 1140. The van der Waals surface area contributed by atoms with Crippen LogP contribution in [0.1, 0.15) is 17.5 Å². The third-order valence-electron chi connectivity index (χ3n) is 4.69. The summed E-state index contributed by atoms with van der Waals surface area (Å²) in [5.74, 6) is -0.209. The van der Waals surface area contributed by atoms with Crippen LogP contribution in [0.5, 0.6) is 0 Å². The lowest BCUT2D eigenvalue weighted by Gasteiger charge is -2.20. The van der Waals surface area contributed by atoms with Gasteiger partial charge in [-0.25, -0.2) is 9.98 Å². The van der Waals surface area contributed by atoms with Crippen LogP contribution in [0.25, 0.3) is 0 Å². The van der Waals surface area contributed by atoms with Gasteiger partial charge in [-0.05, 0) is 48.9 Å². The molecule has 30 heavy (non-hydrogen) atoms. The fourth-order valence-electron chi connectivity index (χ4n) is 3.20. The third kappa shape index (κ3) is 4.39. The SMILES string of the molecule is Cc1ccc(NC(=O)CN2C(=O)CC(c3cccc(Cl)c3)=Nc3cccnc32)cc1. The number of carbonyl (C=O) groups is 2. The van der Waals surface area contributed by atoms with Gasteiger partial charge in [0.25, 0.3) is 0 Å². The van der Waals surface area contributed by atoms with Crippen molar-refractivity contribution in [3.63, 3.8) is 0 Å². The largest absolute Gasteiger partial charge is 0.325 e. The molecule has 0 fully saturated rings. The number of halogens is 1. The molecule has 4 rings (SSSR count). The Hall–Kier alpha value is -3.51. The molecule has 0 saturated heterocycles. The van der Waals surface area contributed by atoms with E-state index in [1.165, 1.54) is 4.90 Å². The Morgan fingerprint density at radius 1 is 1.13 bits per heavy atom. The number of anilines is 2. The highest BCUT2D eigenvalue weighted by atomic mass is 35.5. The second-order valence-corrected chi connectivity index (χ2v) is 7.42. The van der Waals surface area contributed by atoms with Crippen LogP contribution in [-0.2, 0) is 9.59 Å². The van der Waals surface area contributed by atoms with Crippen LogP contribution >= 0.6 is 11.6 Å². The number of hydrogen-bond donors (Lipinski definition) is 1. The summed E-state index contributed by atoms with van der Waals surface area (Å²) in [6.07, 6.45) is 1.62. The molecule has 0 bridgehead atoms. The van der Waals surface area contributed by atoms with Gasteiger partial charge in [-0.3, -0.25) is 14.5 Å². The van der Waals surface area contributed by atoms with E-state index in [1.807, 2.05) is 43.3 Å². The summed E-state index contributed by atoms with van der Waals surface area (Å²) in [5.41, 5.74) is 3.64. The number of carbonyl (C=O) groups excluding carboxylic acids is 2. The lowest BCUT2D eigenvalue weighted by Crippen LogP contribution is -2.38. The standard InChI is InChI=1S/C23H19ClN4O2/c1-15-7-9-18(10-8-15)26-21(29)14-28-22(30)13-20(16-4-2-5-17(24)12-16)27-19-6-3-11-25-23(19)28/h2-12H,13-14H2,1H3,(H,26,29). The van der Waals surface area contributed by atoms with E-state index in [4.69, 9.17) is 11.6 Å². The zero-order chi connectivity index (χ0) is 21.1. The molecule has 2 aromatic carbocycles. The lowest BCUT2D eigenvalue weighted by molar-refractivity contribution is -0.120. The Labute approximate surface area is 179 Å². The minimum atomic E-state index is -0.310. The number of amides is 2. The predicted octanol–water partition coefficient (Wildman–Crippen LogP) is 4.54. The van der Waals surface area contributed by atoms with Crippen molar-refractivity contribution in [2.45, 2.75) is 13.3 Å². The van der Waals surface area contributed by atoms with Crippen LogP contribution < -0.4 is 10.2 Å². The highest BCUT2D eigenvalue weighted by Crippen LogP contribution is 2.31. The Morgan fingerprint density at radius 2 is 1.93 bits per heavy atom. The summed E-state index contributed by atoms with van der Waals surface area (Å²) >= 11 is 6.11. The van der Waals surface area contributed by atoms with Gasteiger partial charge in [-0.2, -0.15) is 0 Å². The number of hydrogen-bond acceptors (Lipinski definition) is 4. The van der Waals surface area contributed by atoms with Gasteiger partial charge in [0.2, 0.25) is 11.8 Å². The van der Waals surface area contributed by atoms with Crippen molar-refractivity contribution in [3.05, 3.63) is 83.0 Å². The van der Waals surface area contributed by atoms with E-state index < -0.39 is 0 Å². The predicted molar refractivity (Wildman–Crippen MR) is 119 cm³/mol. The fourth-order valence-corrected chi connectivity index (χ4v) is 3.39. The van der Waals surface area contributed by atoms with Gasteiger partial charge in [0.05, 0.1) is 12.1 Å². The van der Waals surface area contributed by atoms with Crippen molar-refractivity contribution in [3.8, 4) is 0 Å². The van der Waals surface area contributed by atoms with Crippen LogP contribution in [0.15, 0.2) is 71.9 Å². The van der Waals surface area contributed by atoms with Crippen molar-refractivity contribution in [1.29, 1.82) is 0 Å². The molecule has 1 aliphatic rings. The van der Waals surface area contributed by atoms with E-state index in [9.17, 15) is 9.59 Å². The zero-order valence-electron chi connectivity index (χ0n) is 16.3. The van der Waals surface area contributed by atoms with E-state index >= 15 is 0 Å². The van der Waals surface area contributed by atoms with Gasteiger partial charge in [-0.1, -0.05) is 41.4 Å². The number of benzene rings is 2. The molecular formula is C23H19ClN4O2. The van der Waals surface area contributed by atoms with E-state index in [0.717, 1.165) is 11.1 Å². The molecule has 6 nitrogen and oxygen atoms in total. The molecule has 3 aromatic rings. The summed E-state index contributed by atoms with van der Waals surface area (Å²) in [4.78, 5) is 36.1. The molecule has 0 saturated carbocycles. The Balaban J connectivity index is 1.61. The maximum absolute atomic E-state index is 13.1. The number of nitrogens with zero attached hydrogens (tertiary/aromatic N) is 3. The number of nitrogens with one attached hydrogen (secondary N) is 1. The molecule has 2 heterocycles. The van der Waals surface area contributed by atoms with Gasteiger partial charge >= 0.3 is 0 Å². The number of pyridine rings is 1. The summed E-state index contributed by atoms with van der Waals surface area (Å²) in [5, 5.41) is 3.39. The van der Waals surface area contributed by atoms with E-state index in [0.29, 0.717) is 27.9 Å². The summed E-state index contributed by atoms with van der Waals surface area (Å²) in [7, 11) is 0. The van der Waals surface area contributed by atoms with Crippen molar-refractivity contribution in [2.24, 2.45) is 4.99 Å².